The molecule has 6 rings (SSSR count). The molecule has 1 spiro atoms. The number of likely N-dealkylation sites (tertiary alicyclic amines) is 1. The minimum atomic E-state index is -0.754. The van der Waals surface area contributed by atoms with Crippen LogP contribution in [-0.4, -0.2) is 42.3 Å². The van der Waals surface area contributed by atoms with E-state index in [0.29, 0.717) is 38.3 Å². The molecule has 4 heterocycles. The number of hydrogen-bond donors (Lipinski definition) is 0. The van der Waals surface area contributed by atoms with Gasteiger partial charge in [0.15, 0.2) is 11.4 Å². The van der Waals surface area contributed by atoms with E-state index in [9.17, 15) is 9.18 Å². The summed E-state index contributed by atoms with van der Waals surface area (Å²) < 4.78 is 31.1. The number of halogens is 1. The molecule has 2 aliphatic heterocycles. The monoisotopic (exact) mass is 456 g/mol. The van der Waals surface area contributed by atoms with Crippen LogP contribution in [0.5, 0.6) is 0 Å². The van der Waals surface area contributed by atoms with E-state index >= 15 is 0 Å². The molecule has 8 heteroatoms. The van der Waals surface area contributed by atoms with E-state index < -0.39 is 5.79 Å². The molecule has 0 saturated carbocycles. The van der Waals surface area contributed by atoms with Gasteiger partial charge in [-0.1, -0.05) is 5.16 Å². The molecule has 0 N–H and O–H groups in total. The van der Waals surface area contributed by atoms with Crippen LogP contribution in [0.2, 0.25) is 0 Å². The summed E-state index contributed by atoms with van der Waals surface area (Å²) in [6.45, 7) is 2.51. The van der Waals surface area contributed by atoms with Crippen molar-refractivity contribution in [2.45, 2.75) is 43.8 Å². The van der Waals surface area contributed by atoms with Gasteiger partial charge >= 0.3 is 0 Å². The first-order chi connectivity index (χ1) is 15.6. The van der Waals surface area contributed by atoms with Crippen LogP contribution >= 0.6 is 11.3 Å². The second-order valence-corrected chi connectivity index (χ2v) is 9.93. The SMILES string of the molecule is O=C(CC1CCc2sccc2C12OCCO2)N1CCC(c2noc3cc(F)ccc23)CC1. The Morgan fingerprint density at radius 2 is 2.00 bits per heavy atom. The molecular weight excluding hydrogens is 431 g/mol. The van der Waals surface area contributed by atoms with E-state index in [4.69, 9.17) is 14.0 Å². The second-order valence-electron chi connectivity index (χ2n) is 8.92. The van der Waals surface area contributed by atoms with Crippen LogP contribution < -0.4 is 0 Å². The number of fused-ring (bicyclic) bond motifs is 3. The van der Waals surface area contributed by atoms with Crippen LogP contribution in [0.4, 0.5) is 4.39 Å². The van der Waals surface area contributed by atoms with Gasteiger partial charge in [-0.15, -0.1) is 11.3 Å². The largest absolute Gasteiger partial charge is 0.356 e. The molecule has 1 amide bonds. The molecule has 32 heavy (non-hydrogen) atoms. The summed E-state index contributed by atoms with van der Waals surface area (Å²) in [4.78, 5) is 16.5. The van der Waals surface area contributed by atoms with Crippen molar-refractivity contribution in [2.75, 3.05) is 26.3 Å². The number of benzene rings is 1. The van der Waals surface area contributed by atoms with Crippen LogP contribution in [0.15, 0.2) is 34.2 Å². The van der Waals surface area contributed by atoms with Crippen LogP contribution in [0.1, 0.15) is 47.7 Å². The Kier molecular flexibility index (Phi) is 5.04. The van der Waals surface area contributed by atoms with Gasteiger partial charge < -0.3 is 18.9 Å². The van der Waals surface area contributed by atoms with Crippen LogP contribution in [0.3, 0.4) is 0 Å². The maximum Gasteiger partial charge on any atom is 0.223 e. The first-order valence-corrected chi connectivity index (χ1v) is 12.2. The first kappa shape index (κ1) is 20.3. The third-order valence-corrected chi connectivity index (χ3v) is 8.19. The Balaban J connectivity index is 1.13. The molecule has 1 atom stereocenters. The normalized spacial score (nSPS) is 23.2. The number of carbonyl (C=O) groups is 1. The minimum Gasteiger partial charge on any atom is -0.356 e. The van der Waals surface area contributed by atoms with Gasteiger partial charge in [0.2, 0.25) is 5.91 Å². The first-order valence-electron chi connectivity index (χ1n) is 11.3. The molecule has 3 aliphatic rings. The molecule has 1 aromatic carbocycles. The van der Waals surface area contributed by atoms with Gasteiger partial charge in [0.25, 0.3) is 0 Å². The molecular formula is C24H25FN2O4S. The number of hydrogen-bond acceptors (Lipinski definition) is 6. The Morgan fingerprint density at radius 1 is 1.19 bits per heavy atom. The molecule has 3 aromatic rings. The summed E-state index contributed by atoms with van der Waals surface area (Å²) in [6, 6.07) is 6.64. The summed E-state index contributed by atoms with van der Waals surface area (Å²) in [5.41, 5.74) is 2.47. The maximum absolute atomic E-state index is 13.4. The average Bonchev–Trinajstić information content (AvgIpc) is 3.56. The second kappa shape index (κ2) is 7.93. The molecule has 0 bridgehead atoms. The topological polar surface area (TPSA) is 64.8 Å². The third-order valence-electron chi connectivity index (χ3n) is 7.21. The lowest BCUT2D eigenvalue weighted by molar-refractivity contribution is -0.213. The predicted molar refractivity (Wildman–Crippen MR) is 117 cm³/mol. The number of aryl methyl sites for hydroxylation is 1. The van der Waals surface area contributed by atoms with Crippen molar-refractivity contribution in [1.82, 2.24) is 10.1 Å². The van der Waals surface area contributed by atoms with Crippen molar-refractivity contribution in [3.8, 4) is 0 Å². The number of carbonyl (C=O) groups excluding carboxylic acids is 1. The average molecular weight is 457 g/mol. The highest BCUT2D eigenvalue weighted by Gasteiger charge is 2.50. The van der Waals surface area contributed by atoms with Crippen LogP contribution in [0, 0.1) is 11.7 Å². The van der Waals surface area contributed by atoms with Crippen molar-refractivity contribution >= 4 is 28.2 Å². The fourth-order valence-electron chi connectivity index (χ4n) is 5.58. The van der Waals surface area contributed by atoms with Gasteiger partial charge in [-0.3, -0.25) is 4.79 Å². The Hall–Kier alpha value is -2.29. The fraction of sp³-hybridized carbons (Fsp3) is 0.500. The zero-order valence-corrected chi connectivity index (χ0v) is 18.5. The van der Waals surface area contributed by atoms with Gasteiger partial charge in [0, 0.05) is 53.2 Å². The van der Waals surface area contributed by atoms with Crippen LogP contribution in [0.25, 0.3) is 11.0 Å². The Morgan fingerprint density at radius 3 is 2.81 bits per heavy atom. The van der Waals surface area contributed by atoms with E-state index in [1.54, 1.807) is 17.4 Å². The Bertz CT molecular complexity index is 1140. The number of piperidine rings is 1. The van der Waals surface area contributed by atoms with Gasteiger partial charge in [-0.2, -0.15) is 0 Å². The van der Waals surface area contributed by atoms with Crippen molar-refractivity contribution in [1.29, 1.82) is 0 Å². The molecule has 6 nitrogen and oxygen atoms in total. The molecule has 168 valence electrons. The van der Waals surface area contributed by atoms with E-state index in [-0.39, 0.29) is 23.6 Å². The van der Waals surface area contributed by atoms with Gasteiger partial charge in [0.05, 0.1) is 18.9 Å². The fourth-order valence-corrected chi connectivity index (χ4v) is 6.52. The Labute approximate surface area is 189 Å². The van der Waals surface area contributed by atoms with Gasteiger partial charge in [-0.05, 0) is 49.3 Å². The van der Waals surface area contributed by atoms with Crippen molar-refractivity contribution in [2.24, 2.45) is 5.92 Å². The summed E-state index contributed by atoms with van der Waals surface area (Å²) in [7, 11) is 0. The highest BCUT2D eigenvalue weighted by Crippen LogP contribution is 2.49. The van der Waals surface area contributed by atoms with Gasteiger partial charge in [0.1, 0.15) is 5.82 Å². The smallest absolute Gasteiger partial charge is 0.223 e. The molecule has 0 radical (unpaired) electrons. The summed E-state index contributed by atoms with van der Waals surface area (Å²) in [6.07, 6.45) is 3.95. The minimum absolute atomic E-state index is 0.0340. The molecule has 1 aliphatic carbocycles. The third kappa shape index (κ3) is 3.27. The predicted octanol–water partition coefficient (Wildman–Crippen LogP) is 4.59. The number of rotatable bonds is 3. The quantitative estimate of drug-likeness (QED) is 0.577. The number of amides is 1. The molecule has 2 saturated heterocycles. The van der Waals surface area contributed by atoms with E-state index in [1.165, 1.54) is 17.0 Å². The summed E-state index contributed by atoms with van der Waals surface area (Å²) >= 11 is 1.75. The highest BCUT2D eigenvalue weighted by molar-refractivity contribution is 7.10. The number of thiophene rings is 1. The lowest BCUT2D eigenvalue weighted by Crippen LogP contribution is -2.45. The van der Waals surface area contributed by atoms with Gasteiger partial charge in [-0.25, -0.2) is 4.39 Å². The molecule has 2 fully saturated rings. The molecule has 1 unspecified atom stereocenters. The number of aromatic nitrogens is 1. The van der Waals surface area contributed by atoms with Crippen molar-refractivity contribution in [3.63, 3.8) is 0 Å². The van der Waals surface area contributed by atoms with Crippen LogP contribution in [-0.2, 0) is 26.5 Å². The van der Waals surface area contributed by atoms with E-state index in [1.807, 2.05) is 4.90 Å². The standard InChI is InChI=1S/C24H25FN2O4S/c25-17-2-3-18-20(14-17)31-26-23(18)15-5-8-27(9-6-15)22(28)13-16-1-4-21-19(7-12-32-21)24(16)29-10-11-30-24/h2-3,7,12,14-16H,1,4-6,8-11,13H2. The lowest BCUT2D eigenvalue weighted by Gasteiger charge is -2.40. The highest BCUT2D eigenvalue weighted by atomic mass is 32.1. The van der Waals surface area contributed by atoms with E-state index in [2.05, 4.69) is 16.6 Å². The number of nitrogens with zero attached hydrogens (tertiary/aromatic N) is 2. The summed E-state index contributed by atoms with van der Waals surface area (Å²) in [5, 5.41) is 7.17. The van der Waals surface area contributed by atoms with Crippen molar-refractivity contribution < 1.29 is 23.2 Å². The zero-order chi connectivity index (χ0) is 21.7. The maximum atomic E-state index is 13.4. The molecule has 2 aromatic heterocycles. The van der Waals surface area contributed by atoms with Crippen molar-refractivity contribution in [3.05, 3.63) is 51.6 Å². The van der Waals surface area contributed by atoms with E-state index in [0.717, 1.165) is 42.3 Å². The lowest BCUT2D eigenvalue weighted by atomic mass is 9.80. The number of ether oxygens (including phenoxy) is 2. The zero-order valence-electron chi connectivity index (χ0n) is 17.7. The summed E-state index contributed by atoms with van der Waals surface area (Å²) in [5.74, 6) is -0.673.